The monoisotopic (exact) mass is 456 g/mol. The molecule has 4 rings (SSSR count). The summed E-state index contributed by atoms with van der Waals surface area (Å²) in [5.41, 5.74) is 2.12. The minimum atomic E-state index is -0.417. The van der Waals surface area contributed by atoms with Crippen LogP contribution in [0, 0.1) is 17.8 Å². The normalized spacial score (nSPS) is 33.2. The highest BCUT2D eigenvalue weighted by Crippen LogP contribution is 2.47. The molecule has 0 amide bonds. The topological polar surface area (TPSA) is 44.8 Å². The van der Waals surface area contributed by atoms with Crippen molar-refractivity contribution >= 4 is 17.4 Å². The summed E-state index contributed by atoms with van der Waals surface area (Å²) in [4.78, 5) is 13.0. The molecule has 7 atom stereocenters. The van der Waals surface area contributed by atoms with Crippen LogP contribution in [0.3, 0.4) is 0 Å². The SMILES string of the molecule is CO[C@@H]1C[C@@H]2[C@H](O[C@@H](c3ccccc3)[C@H](c3ccccc3)O1)[C@@H](C)CC(=O)[C@H]2CCCCl. The summed E-state index contributed by atoms with van der Waals surface area (Å²) in [6, 6.07) is 20.4. The third kappa shape index (κ3) is 5.09. The quantitative estimate of drug-likeness (QED) is 0.492. The number of halogens is 1. The first-order valence-electron chi connectivity index (χ1n) is 11.6. The number of alkyl halides is 1. The standard InChI is InChI=1S/C27H33ClO4/c1-18-16-23(29)21(14-9-15-28)22-17-24(30-2)31-26(19-10-5-3-6-11-19)27(32-25(18)22)20-12-7-4-8-13-20/h3-8,10-13,18,21-22,24-27H,9,14-17H2,1-2H3/t18-,21-,22-,24-,25+,26-,27-/m0/s1. The molecule has 5 heteroatoms. The summed E-state index contributed by atoms with van der Waals surface area (Å²) in [5.74, 6) is 0.991. The van der Waals surface area contributed by atoms with Crippen molar-refractivity contribution in [3.05, 3.63) is 71.8 Å². The molecule has 32 heavy (non-hydrogen) atoms. The number of ketones is 1. The third-order valence-electron chi connectivity index (χ3n) is 6.95. The van der Waals surface area contributed by atoms with E-state index in [1.165, 1.54) is 0 Å². The van der Waals surface area contributed by atoms with Gasteiger partial charge in [0.25, 0.3) is 0 Å². The van der Waals surface area contributed by atoms with Gasteiger partial charge in [0.05, 0.1) is 6.10 Å². The first-order chi connectivity index (χ1) is 15.6. The lowest BCUT2D eigenvalue weighted by Gasteiger charge is -2.47. The van der Waals surface area contributed by atoms with Gasteiger partial charge in [-0.3, -0.25) is 4.79 Å². The molecule has 2 aromatic carbocycles. The minimum Gasteiger partial charge on any atom is -0.367 e. The molecule has 1 aliphatic heterocycles. The third-order valence-corrected chi connectivity index (χ3v) is 7.21. The number of benzene rings is 2. The Bertz CT molecular complexity index is 858. The Morgan fingerprint density at radius 2 is 1.56 bits per heavy atom. The van der Waals surface area contributed by atoms with Crippen LogP contribution in [0.5, 0.6) is 0 Å². The highest BCUT2D eigenvalue weighted by Gasteiger charge is 2.47. The molecule has 0 aromatic heterocycles. The van der Waals surface area contributed by atoms with Gasteiger partial charge in [-0.05, 0) is 35.8 Å². The smallest absolute Gasteiger partial charge is 0.158 e. The maximum absolute atomic E-state index is 13.0. The zero-order valence-corrected chi connectivity index (χ0v) is 19.6. The molecule has 1 saturated carbocycles. The molecule has 0 unspecified atom stereocenters. The first-order valence-corrected chi connectivity index (χ1v) is 12.2. The van der Waals surface area contributed by atoms with Crippen molar-refractivity contribution < 1.29 is 19.0 Å². The van der Waals surface area contributed by atoms with Crippen LogP contribution < -0.4 is 0 Å². The van der Waals surface area contributed by atoms with Crippen molar-refractivity contribution in [3.8, 4) is 0 Å². The van der Waals surface area contributed by atoms with E-state index >= 15 is 0 Å². The van der Waals surface area contributed by atoms with Crippen molar-refractivity contribution in [2.24, 2.45) is 17.8 Å². The van der Waals surface area contributed by atoms with Gasteiger partial charge in [-0.15, -0.1) is 11.6 Å². The molecule has 0 bridgehead atoms. The van der Waals surface area contributed by atoms with Gasteiger partial charge in [-0.25, -0.2) is 0 Å². The zero-order chi connectivity index (χ0) is 22.5. The van der Waals surface area contributed by atoms with Crippen LogP contribution in [0.1, 0.15) is 55.9 Å². The van der Waals surface area contributed by atoms with Gasteiger partial charge in [-0.2, -0.15) is 0 Å². The van der Waals surface area contributed by atoms with Crippen LogP contribution >= 0.6 is 11.6 Å². The van der Waals surface area contributed by atoms with E-state index in [4.69, 9.17) is 25.8 Å². The van der Waals surface area contributed by atoms with E-state index in [9.17, 15) is 4.79 Å². The fraction of sp³-hybridized carbons (Fsp3) is 0.519. The lowest BCUT2D eigenvalue weighted by molar-refractivity contribution is -0.248. The second kappa shape index (κ2) is 10.9. The van der Waals surface area contributed by atoms with Crippen LogP contribution in [0.15, 0.2) is 60.7 Å². The van der Waals surface area contributed by atoms with Gasteiger partial charge in [0.2, 0.25) is 0 Å². The molecule has 4 nitrogen and oxygen atoms in total. The number of Topliss-reactive ketones (excluding diaryl/α,β-unsaturated/α-hetero) is 1. The van der Waals surface area contributed by atoms with Gasteiger partial charge in [0, 0.05) is 31.7 Å². The predicted octanol–water partition coefficient (Wildman–Crippen LogP) is 6.11. The summed E-state index contributed by atoms with van der Waals surface area (Å²) in [5, 5.41) is 0. The maximum Gasteiger partial charge on any atom is 0.158 e. The number of carbonyl (C=O) groups is 1. The molecule has 2 aromatic rings. The first kappa shape index (κ1) is 23.4. The van der Waals surface area contributed by atoms with E-state index in [-0.39, 0.29) is 36.1 Å². The Balaban J connectivity index is 1.75. The van der Waals surface area contributed by atoms with Crippen LogP contribution in [0.2, 0.25) is 0 Å². The Labute approximate surface area is 196 Å². The number of fused-ring (bicyclic) bond motifs is 1. The highest BCUT2D eigenvalue weighted by molar-refractivity contribution is 6.17. The molecule has 1 saturated heterocycles. The Morgan fingerprint density at radius 1 is 0.969 bits per heavy atom. The van der Waals surface area contributed by atoms with E-state index in [0.29, 0.717) is 24.5 Å². The molecule has 0 radical (unpaired) electrons. The molecular formula is C27H33ClO4. The van der Waals surface area contributed by atoms with E-state index < -0.39 is 6.29 Å². The summed E-state index contributed by atoms with van der Waals surface area (Å²) >= 11 is 5.98. The van der Waals surface area contributed by atoms with Gasteiger partial charge in [-0.1, -0.05) is 67.6 Å². The molecule has 0 N–H and O–H groups in total. The van der Waals surface area contributed by atoms with E-state index in [1.54, 1.807) is 7.11 Å². The summed E-state index contributed by atoms with van der Waals surface area (Å²) < 4.78 is 19.3. The van der Waals surface area contributed by atoms with Crippen molar-refractivity contribution in [1.29, 1.82) is 0 Å². The molecule has 2 fully saturated rings. The molecule has 1 heterocycles. The number of rotatable bonds is 6. The largest absolute Gasteiger partial charge is 0.367 e. The average molecular weight is 457 g/mol. The molecule has 2 aliphatic rings. The van der Waals surface area contributed by atoms with E-state index in [1.807, 2.05) is 36.4 Å². The fourth-order valence-electron chi connectivity index (χ4n) is 5.38. The van der Waals surface area contributed by atoms with Crippen molar-refractivity contribution in [2.75, 3.05) is 13.0 Å². The number of methoxy groups -OCH3 is 1. The second-order valence-corrected chi connectivity index (χ2v) is 9.43. The number of hydrogen-bond acceptors (Lipinski definition) is 4. The van der Waals surface area contributed by atoms with Crippen molar-refractivity contribution in [3.63, 3.8) is 0 Å². The van der Waals surface area contributed by atoms with Crippen LogP contribution in [0.4, 0.5) is 0 Å². The lowest BCUT2D eigenvalue weighted by atomic mass is 9.68. The van der Waals surface area contributed by atoms with Gasteiger partial charge in [0.1, 0.15) is 18.0 Å². The predicted molar refractivity (Wildman–Crippen MR) is 125 cm³/mol. The fourth-order valence-corrected chi connectivity index (χ4v) is 5.53. The maximum atomic E-state index is 13.0. The summed E-state index contributed by atoms with van der Waals surface area (Å²) in [7, 11) is 1.68. The van der Waals surface area contributed by atoms with Gasteiger partial charge < -0.3 is 14.2 Å². The Hall–Kier alpha value is -1.72. The number of ether oxygens (including phenoxy) is 3. The molecule has 0 spiro atoms. The van der Waals surface area contributed by atoms with Crippen LogP contribution in [-0.2, 0) is 19.0 Å². The van der Waals surface area contributed by atoms with Gasteiger partial charge in [0.15, 0.2) is 6.29 Å². The lowest BCUT2D eigenvalue weighted by Crippen LogP contribution is -2.49. The summed E-state index contributed by atoms with van der Waals surface area (Å²) in [6.07, 6.45) is 1.71. The van der Waals surface area contributed by atoms with Crippen LogP contribution in [-0.4, -0.2) is 31.2 Å². The zero-order valence-electron chi connectivity index (χ0n) is 18.9. The van der Waals surface area contributed by atoms with E-state index in [0.717, 1.165) is 24.0 Å². The molecular weight excluding hydrogens is 424 g/mol. The summed E-state index contributed by atoms with van der Waals surface area (Å²) in [6.45, 7) is 2.14. The number of carbonyl (C=O) groups excluding carboxylic acids is 1. The average Bonchev–Trinajstić information content (AvgIpc) is 2.81. The minimum absolute atomic E-state index is 0.0438. The molecule has 172 valence electrons. The molecule has 1 aliphatic carbocycles. The van der Waals surface area contributed by atoms with E-state index in [2.05, 4.69) is 31.2 Å². The highest BCUT2D eigenvalue weighted by atomic mass is 35.5. The Morgan fingerprint density at radius 3 is 2.12 bits per heavy atom. The Kier molecular flexibility index (Phi) is 8.01. The van der Waals surface area contributed by atoms with Crippen molar-refractivity contribution in [1.82, 2.24) is 0 Å². The van der Waals surface area contributed by atoms with Crippen molar-refractivity contribution in [2.45, 2.75) is 57.2 Å². The number of hydrogen-bond donors (Lipinski definition) is 0. The van der Waals surface area contributed by atoms with Gasteiger partial charge >= 0.3 is 0 Å². The van der Waals surface area contributed by atoms with Crippen LogP contribution in [0.25, 0.3) is 0 Å². The second-order valence-electron chi connectivity index (χ2n) is 9.05.